The fraction of sp³-hybridized carbons (Fsp3) is 1.00. The minimum atomic E-state index is -3.22. The summed E-state index contributed by atoms with van der Waals surface area (Å²) in [4.78, 5) is 0. The van der Waals surface area contributed by atoms with Gasteiger partial charge in [0.05, 0.1) is 5.25 Å². The van der Waals surface area contributed by atoms with E-state index in [2.05, 4.69) is 4.72 Å². The number of hydrogen-bond donors (Lipinski definition) is 2. The number of nitrogens with two attached hydrogens (primary N) is 1. The third-order valence-electron chi connectivity index (χ3n) is 1.64. The van der Waals surface area contributed by atoms with Crippen LogP contribution in [0, 0.1) is 0 Å². The third-order valence-corrected chi connectivity index (χ3v) is 4.46. The molecule has 2 atom stereocenters. The van der Waals surface area contributed by atoms with E-state index >= 15 is 0 Å². The Morgan fingerprint density at radius 3 is 2.38 bits per heavy atom. The van der Waals surface area contributed by atoms with Crippen LogP contribution in [0.15, 0.2) is 0 Å². The fourth-order valence-corrected chi connectivity index (χ4v) is 2.63. The topological polar surface area (TPSA) is 72.2 Å². The minimum absolute atomic E-state index is 0.0333. The van der Waals surface area contributed by atoms with Crippen LogP contribution in [0.3, 0.4) is 0 Å². The zero-order chi connectivity index (χ0) is 10.5. The first-order chi connectivity index (χ1) is 5.94. The summed E-state index contributed by atoms with van der Waals surface area (Å²) < 4.78 is 25.5. The zero-order valence-corrected chi connectivity index (χ0v) is 9.91. The molecule has 13 heavy (non-hydrogen) atoms. The summed E-state index contributed by atoms with van der Waals surface area (Å²) in [5.41, 5.74) is 5.28. The van der Waals surface area contributed by atoms with Crippen LogP contribution in [-0.2, 0) is 10.0 Å². The largest absolute Gasteiger partial charge is 0.329 e. The monoisotopic (exact) mass is 226 g/mol. The van der Waals surface area contributed by atoms with Gasteiger partial charge in [0.2, 0.25) is 10.0 Å². The Labute approximate surface area is 84.7 Å². The van der Waals surface area contributed by atoms with Gasteiger partial charge in [-0.1, -0.05) is 0 Å². The molecule has 0 amide bonds. The highest BCUT2D eigenvalue weighted by molar-refractivity contribution is 7.98. The van der Waals surface area contributed by atoms with Crippen LogP contribution in [-0.4, -0.2) is 38.3 Å². The Kier molecular flexibility index (Phi) is 5.95. The molecule has 3 N–H and O–H groups in total. The van der Waals surface area contributed by atoms with E-state index in [0.717, 1.165) is 5.75 Å². The lowest BCUT2D eigenvalue weighted by Crippen LogP contribution is -2.42. The lowest BCUT2D eigenvalue weighted by Gasteiger charge is -2.16. The highest BCUT2D eigenvalue weighted by Crippen LogP contribution is 2.01. The van der Waals surface area contributed by atoms with Crippen molar-refractivity contribution in [2.45, 2.75) is 25.1 Å². The van der Waals surface area contributed by atoms with E-state index in [0.29, 0.717) is 0 Å². The van der Waals surface area contributed by atoms with Gasteiger partial charge in [0.25, 0.3) is 0 Å². The summed E-state index contributed by atoms with van der Waals surface area (Å²) in [6, 6.07) is -0.0333. The van der Waals surface area contributed by atoms with Gasteiger partial charge < -0.3 is 5.73 Å². The molecule has 80 valence electrons. The molecule has 0 rings (SSSR count). The lowest BCUT2D eigenvalue weighted by atomic mass is 10.4. The normalized spacial score (nSPS) is 16.9. The Bertz CT molecular complexity index is 229. The Balaban J connectivity index is 4.17. The van der Waals surface area contributed by atoms with Crippen molar-refractivity contribution in [2.24, 2.45) is 5.73 Å². The van der Waals surface area contributed by atoms with Crippen molar-refractivity contribution in [1.29, 1.82) is 0 Å². The highest BCUT2D eigenvalue weighted by atomic mass is 32.2. The van der Waals surface area contributed by atoms with E-state index in [9.17, 15) is 8.42 Å². The van der Waals surface area contributed by atoms with Crippen molar-refractivity contribution in [3.63, 3.8) is 0 Å². The molecule has 0 spiro atoms. The van der Waals surface area contributed by atoms with Crippen LogP contribution in [0.1, 0.15) is 13.8 Å². The van der Waals surface area contributed by atoms with Crippen LogP contribution in [0.4, 0.5) is 0 Å². The van der Waals surface area contributed by atoms with Gasteiger partial charge in [-0.2, -0.15) is 11.8 Å². The Morgan fingerprint density at radius 2 is 2.00 bits per heavy atom. The molecular formula is C7H18N2O2S2. The Morgan fingerprint density at radius 1 is 1.46 bits per heavy atom. The molecule has 0 saturated heterocycles. The van der Waals surface area contributed by atoms with Crippen molar-refractivity contribution < 1.29 is 8.42 Å². The molecule has 0 saturated carbocycles. The maximum absolute atomic E-state index is 11.4. The van der Waals surface area contributed by atoms with E-state index in [1.807, 2.05) is 13.2 Å². The van der Waals surface area contributed by atoms with E-state index in [-0.39, 0.29) is 12.6 Å². The SMILES string of the molecule is CSCC(C)NS(=O)(=O)C(C)CN. The molecule has 0 radical (unpaired) electrons. The van der Waals surface area contributed by atoms with E-state index < -0.39 is 15.3 Å². The molecule has 0 aromatic heterocycles. The molecular weight excluding hydrogens is 208 g/mol. The molecule has 0 bridgehead atoms. The molecule has 0 aliphatic heterocycles. The van der Waals surface area contributed by atoms with E-state index in [1.54, 1.807) is 18.7 Å². The maximum Gasteiger partial charge on any atom is 0.215 e. The molecule has 0 aromatic rings. The van der Waals surface area contributed by atoms with Gasteiger partial charge in [-0.05, 0) is 20.1 Å². The molecule has 0 aliphatic carbocycles. The highest BCUT2D eigenvalue weighted by Gasteiger charge is 2.20. The average molecular weight is 226 g/mol. The fourth-order valence-electron chi connectivity index (χ4n) is 0.807. The van der Waals surface area contributed by atoms with Crippen LogP contribution in [0.5, 0.6) is 0 Å². The molecule has 0 heterocycles. The summed E-state index contributed by atoms with van der Waals surface area (Å²) in [5, 5.41) is -0.517. The number of nitrogens with one attached hydrogen (secondary N) is 1. The van der Waals surface area contributed by atoms with Crippen LogP contribution < -0.4 is 10.5 Å². The summed E-state index contributed by atoms with van der Waals surface area (Å²) in [6.07, 6.45) is 1.94. The molecule has 0 aliphatic rings. The lowest BCUT2D eigenvalue weighted by molar-refractivity contribution is 0.559. The summed E-state index contributed by atoms with van der Waals surface area (Å²) in [5.74, 6) is 0.774. The van der Waals surface area contributed by atoms with Gasteiger partial charge in [-0.25, -0.2) is 13.1 Å². The van der Waals surface area contributed by atoms with Crippen molar-refractivity contribution in [2.75, 3.05) is 18.6 Å². The second-order valence-corrected chi connectivity index (χ2v) is 6.11. The molecule has 0 aromatic carbocycles. The van der Waals surface area contributed by atoms with Gasteiger partial charge in [0.15, 0.2) is 0 Å². The van der Waals surface area contributed by atoms with Gasteiger partial charge in [0, 0.05) is 18.3 Å². The molecule has 4 nitrogen and oxygen atoms in total. The molecule has 2 unspecified atom stereocenters. The van der Waals surface area contributed by atoms with Crippen molar-refractivity contribution in [3.8, 4) is 0 Å². The third kappa shape index (κ3) is 4.85. The van der Waals surface area contributed by atoms with Gasteiger partial charge in [-0.3, -0.25) is 0 Å². The zero-order valence-electron chi connectivity index (χ0n) is 8.28. The molecule has 0 fully saturated rings. The second-order valence-electron chi connectivity index (χ2n) is 3.07. The van der Waals surface area contributed by atoms with Crippen molar-refractivity contribution in [3.05, 3.63) is 0 Å². The summed E-state index contributed by atoms with van der Waals surface area (Å²) >= 11 is 1.61. The number of sulfonamides is 1. The predicted octanol–water partition coefficient (Wildman–Crippen LogP) is 0.00450. The maximum atomic E-state index is 11.4. The van der Waals surface area contributed by atoms with E-state index in [1.165, 1.54) is 0 Å². The van der Waals surface area contributed by atoms with E-state index in [4.69, 9.17) is 5.73 Å². The van der Waals surface area contributed by atoms with Crippen LogP contribution in [0.25, 0.3) is 0 Å². The standard InChI is InChI=1S/C7H18N2O2S2/c1-6(5-12-3)9-13(10,11)7(2)4-8/h6-7,9H,4-5,8H2,1-3H3. The minimum Gasteiger partial charge on any atom is -0.329 e. The molecule has 6 heteroatoms. The van der Waals surface area contributed by atoms with Crippen LogP contribution in [0.2, 0.25) is 0 Å². The number of thioether (sulfide) groups is 1. The number of hydrogen-bond acceptors (Lipinski definition) is 4. The van der Waals surface area contributed by atoms with Gasteiger partial charge >= 0.3 is 0 Å². The smallest absolute Gasteiger partial charge is 0.215 e. The summed E-state index contributed by atoms with van der Waals surface area (Å²) in [6.45, 7) is 3.60. The van der Waals surface area contributed by atoms with Crippen LogP contribution >= 0.6 is 11.8 Å². The second kappa shape index (κ2) is 5.85. The Hall–Kier alpha value is 0.220. The average Bonchev–Trinajstić information content (AvgIpc) is 2.02. The van der Waals surface area contributed by atoms with Crippen molar-refractivity contribution >= 4 is 21.8 Å². The quantitative estimate of drug-likeness (QED) is 0.669. The summed E-state index contributed by atoms with van der Waals surface area (Å²) in [7, 11) is -3.22. The first-order valence-corrected chi connectivity index (χ1v) is 7.08. The van der Waals surface area contributed by atoms with Crippen molar-refractivity contribution in [1.82, 2.24) is 4.72 Å². The number of rotatable bonds is 6. The first kappa shape index (κ1) is 13.2. The van der Waals surface area contributed by atoms with Gasteiger partial charge in [0.1, 0.15) is 0 Å². The predicted molar refractivity (Wildman–Crippen MR) is 58.4 cm³/mol. The van der Waals surface area contributed by atoms with Gasteiger partial charge in [-0.15, -0.1) is 0 Å². The first-order valence-electron chi connectivity index (χ1n) is 4.14.